The van der Waals surface area contributed by atoms with Crippen molar-refractivity contribution in [3.63, 3.8) is 0 Å². The molecule has 0 saturated carbocycles. The Bertz CT molecular complexity index is 925. The fraction of sp³-hybridized carbons (Fsp3) is 0.222. The molecule has 0 fully saturated rings. The van der Waals surface area contributed by atoms with Crippen LogP contribution in [0.25, 0.3) is 11.3 Å². The standard InChI is InChI=1S/C18H20N2O3S/c1-3-24(21,22)15-7-9-18(23-2)16(12-15)17-8-6-14(19-17)13-20-10-4-5-11-20/h4-12,19H,3,13H2,1-2H3. The van der Waals surface area contributed by atoms with E-state index < -0.39 is 9.84 Å². The molecule has 3 rings (SSSR count). The van der Waals surface area contributed by atoms with Gasteiger partial charge in [-0.15, -0.1) is 0 Å². The maximum Gasteiger partial charge on any atom is 0.178 e. The van der Waals surface area contributed by atoms with Crippen LogP contribution in [-0.4, -0.2) is 30.8 Å². The monoisotopic (exact) mass is 344 g/mol. The summed E-state index contributed by atoms with van der Waals surface area (Å²) in [4.78, 5) is 3.65. The maximum atomic E-state index is 12.1. The van der Waals surface area contributed by atoms with E-state index in [2.05, 4.69) is 9.55 Å². The number of H-pyrrole nitrogens is 1. The van der Waals surface area contributed by atoms with Crippen molar-refractivity contribution in [2.24, 2.45) is 0 Å². The first kappa shape index (κ1) is 16.4. The molecule has 0 aliphatic rings. The summed E-state index contributed by atoms with van der Waals surface area (Å²) in [5.41, 5.74) is 2.61. The smallest absolute Gasteiger partial charge is 0.178 e. The number of benzene rings is 1. The lowest BCUT2D eigenvalue weighted by molar-refractivity contribution is 0.416. The Labute approximate surface area is 141 Å². The SMILES string of the molecule is CCS(=O)(=O)c1ccc(OC)c(-c2ccc(Cn3cccc3)[nH]2)c1. The molecule has 0 bridgehead atoms. The van der Waals surface area contributed by atoms with E-state index in [4.69, 9.17) is 4.74 Å². The van der Waals surface area contributed by atoms with Crippen molar-refractivity contribution in [1.29, 1.82) is 0 Å². The minimum atomic E-state index is -3.26. The third kappa shape index (κ3) is 3.23. The Morgan fingerprint density at radius 3 is 2.54 bits per heavy atom. The summed E-state index contributed by atoms with van der Waals surface area (Å²) in [6.07, 6.45) is 3.99. The highest BCUT2D eigenvalue weighted by molar-refractivity contribution is 7.91. The molecule has 2 aromatic heterocycles. The summed E-state index contributed by atoms with van der Waals surface area (Å²) in [6.45, 7) is 2.37. The van der Waals surface area contributed by atoms with Crippen molar-refractivity contribution in [1.82, 2.24) is 9.55 Å². The van der Waals surface area contributed by atoms with Gasteiger partial charge in [-0.2, -0.15) is 0 Å². The van der Waals surface area contributed by atoms with Gasteiger partial charge in [-0.25, -0.2) is 8.42 Å². The van der Waals surface area contributed by atoms with E-state index in [1.54, 1.807) is 32.2 Å². The van der Waals surface area contributed by atoms with E-state index in [1.807, 2.05) is 36.7 Å². The van der Waals surface area contributed by atoms with Crippen LogP contribution in [0.2, 0.25) is 0 Å². The molecule has 3 aromatic rings. The van der Waals surface area contributed by atoms with E-state index in [9.17, 15) is 8.42 Å². The minimum Gasteiger partial charge on any atom is -0.496 e. The highest BCUT2D eigenvalue weighted by atomic mass is 32.2. The molecule has 1 aromatic carbocycles. The van der Waals surface area contributed by atoms with Crippen molar-refractivity contribution >= 4 is 9.84 Å². The number of nitrogens with zero attached hydrogens (tertiary/aromatic N) is 1. The summed E-state index contributed by atoms with van der Waals surface area (Å²) >= 11 is 0. The Balaban J connectivity index is 1.99. The molecule has 0 aliphatic carbocycles. The van der Waals surface area contributed by atoms with Crippen LogP contribution in [0.5, 0.6) is 5.75 Å². The molecule has 5 nitrogen and oxygen atoms in total. The van der Waals surface area contributed by atoms with Gasteiger partial charge in [-0.1, -0.05) is 6.92 Å². The van der Waals surface area contributed by atoms with Gasteiger partial charge in [0, 0.05) is 29.3 Å². The van der Waals surface area contributed by atoms with Crippen molar-refractivity contribution < 1.29 is 13.2 Å². The topological polar surface area (TPSA) is 64.1 Å². The number of hydrogen-bond donors (Lipinski definition) is 1. The van der Waals surface area contributed by atoms with Crippen LogP contribution in [0.15, 0.2) is 59.8 Å². The fourth-order valence-corrected chi connectivity index (χ4v) is 3.53. The lowest BCUT2D eigenvalue weighted by Gasteiger charge is -2.10. The molecular weight excluding hydrogens is 324 g/mol. The highest BCUT2D eigenvalue weighted by Crippen LogP contribution is 2.32. The van der Waals surface area contributed by atoms with Gasteiger partial charge in [0.15, 0.2) is 9.84 Å². The summed E-state index contributed by atoms with van der Waals surface area (Å²) in [5.74, 6) is 0.710. The number of sulfone groups is 1. The second-order valence-corrected chi connectivity index (χ2v) is 7.80. The van der Waals surface area contributed by atoms with Crippen molar-refractivity contribution in [3.05, 3.63) is 60.6 Å². The second-order valence-electron chi connectivity index (χ2n) is 5.52. The molecule has 6 heteroatoms. The van der Waals surface area contributed by atoms with Gasteiger partial charge in [-0.05, 0) is 42.5 Å². The summed E-state index contributed by atoms with van der Waals surface area (Å²) in [7, 11) is -1.68. The number of rotatable bonds is 6. The maximum absolute atomic E-state index is 12.1. The first-order valence-electron chi connectivity index (χ1n) is 7.73. The van der Waals surface area contributed by atoms with Crippen molar-refractivity contribution in [2.75, 3.05) is 12.9 Å². The molecule has 24 heavy (non-hydrogen) atoms. The Kier molecular flexibility index (Phi) is 4.49. The van der Waals surface area contributed by atoms with Crippen molar-refractivity contribution in [3.8, 4) is 17.0 Å². The zero-order valence-electron chi connectivity index (χ0n) is 13.7. The normalized spacial score (nSPS) is 11.6. The lowest BCUT2D eigenvalue weighted by Crippen LogP contribution is -2.04. The van der Waals surface area contributed by atoms with Crippen LogP contribution in [0.3, 0.4) is 0 Å². The first-order valence-corrected chi connectivity index (χ1v) is 9.38. The lowest BCUT2D eigenvalue weighted by atomic mass is 10.1. The number of methoxy groups -OCH3 is 1. The van der Waals surface area contributed by atoms with Gasteiger partial charge in [0.05, 0.1) is 24.3 Å². The molecule has 1 N–H and O–H groups in total. The first-order chi connectivity index (χ1) is 11.5. The number of ether oxygens (including phenoxy) is 1. The van der Waals surface area contributed by atoms with Gasteiger partial charge in [0.1, 0.15) is 5.75 Å². The quantitative estimate of drug-likeness (QED) is 0.746. The molecule has 0 amide bonds. The van der Waals surface area contributed by atoms with Crippen LogP contribution in [0, 0.1) is 0 Å². The number of hydrogen-bond acceptors (Lipinski definition) is 3. The third-order valence-corrected chi connectivity index (χ3v) is 5.70. The highest BCUT2D eigenvalue weighted by Gasteiger charge is 2.16. The molecule has 0 spiro atoms. The number of nitrogens with one attached hydrogen (secondary N) is 1. The van der Waals surface area contributed by atoms with Crippen LogP contribution >= 0.6 is 0 Å². The molecule has 0 radical (unpaired) electrons. The van der Waals surface area contributed by atoms with E-state index in [-0.39, 0.29) is 5.75 Å². The molecule has 0 unspecified atom stereocenters. The van der Waals surface area contributed by atoms with Gasteiger partial charge in [0.25, 0.3) is 0 Å². The molecule has 0 saturated heterocycles. The zero-order valence-corrected chi connectivity index (χ0v) is 14.5. The minimum absolute atomic E-state index is 0.0718. The predicted octanol–water partition coefficient (Wildman–Crippen LogP) is 3.33. The van der Waals surface area contributed by atoms with Crippen LogP contribution in [-0.2, 0) is 16.4 Å². The molecular formula is C18H20N2O3S. The van der Waals surface area contributed by atoms with Gasteiger partial charge in [0.2, 0.25) is 0 Å². The Hall–Kier alpha value is -2.47. The molecule has 0 aliphatic heterocycles. The third-order valence-electron chi connectivity index (χ3n) is 3.97. The number of aromatic amines is 1. The average molecular weight is 344 g/mol. The Morgan fingerprint density at radius 1 is 1.12 bits per heavy atom. The van der Waals surface area contributed by atoms with E-state index in [0.717, 1.165) is 23.5 Å². The molecule has 126 valence electrons. The second kappa shape index (κ2) is 6.57. The van der Waals surface area contributed by atoms with E-state index in [0.29, 0.717) is 10.6 Å². The zero-order chi connectivity index (χ0) is 17.2. The van der Waals surface area contributed by atoms with Gasteiger partial charge < -0.3 is 14.3 Å². The fourth-order valence-electron chi connectivity index (χ4n) is 2.62. The van der Waals surface area contributed by atoms with E-state index in [1.165, 1.54) is 0 Å². The predicted molar refractivity (Wildman–Crippen MR) is 94.0 cm³/mol. The number of aromatic nitrogens is 2. The summed E-state index contributed by atoms with van der Waals surface area (Å²) < 4.78 is 31.7. The average Bonchev–Trinajstić information content (AvgIpc) is 3.26. The Morgan fingerprint density at radius 2 is 1.88 bits per heavy atom. The van der Waals surface area contributed by atoms with Crippen LogP contribution in [0.4, 0.5) is 0 Å². The largest absolute Gasteiger partial charge is 0.496 e. The van der Waals surface area contributed by atoms with Crippen LogP contribution < -0.4 is 4.74 Å². The van der Waals surface area contributed by atoms with Crippen LogP contribution in [0.1, 0.15) is 12.6 Å². The summed E-state index contributed by atoms with van der Waals surface area (Å²) in [6, 6.07) is 12.9. The molecule has 2 heterocycles. The molecule has 0 atom stereocenters. The van der Waals surface area contributed by atoms with Gasteiger partial charge in [-0.3, -0.25) is 0 Å². The van der Waals surface area contributed by atoms with Crippen molar-refractivity contribution in [2.45, 2.75) is 18.4 Å². The summed E-state index contributed by atoms with van der Waals surface area (Å²) in [5, 5.41) is 0. The van der Waals surface area contributed by atoms with E-state index >= 15 is 0 Å². The van der Waals surface area contributed by atoms with Gasteiger partial charge >= 0.3 is 0 Å².